The maximum atomic E-state index is 11.4. The average Bonchev–Trinajstić information content (AvgIpc) is 1.80. The Balaban J connectivity index is 3.61. The van der Waals surface area contributed by atoms with Crippen LogP contribution in [-0.2, 0) is 4.74 Å². The van der Waals surface area contributed by atoms with Crippen molar-refractivity contribution in [1.29, 1.82) is 0 Å². The van der Waals surface area contributed by atoms with Crippen LogP contribution in [0, 0.1) is 0 Å². The van der Waals surface area contributed by atoms with Gasteiger partial charge in [0.2, 0.25) is 5.56 Å². The van der Waals surface area contributed by atoms with Gasteiger partial charge in [0.1, 0.15) is 6.61 Å². The lowest BCUT2D eigenvalue weighted by Crippen LogP contribution is -2.27. The molecule has 7 heteroatoms. The summed E-state index contributed by atoms with van der Waals surface area (Å²) >= 11 is 4.52. The number of alkyl halides is 6. The molecule has 0 radical (unpaired) electrons. The Morgan fingerprint density at radius 1 is 1.27 bits per heavy atom. The second-order valence-corrected chi connectivity index (χ2v) is 1.98. The first kappa shape index (κ1) is 10.9. The van der Waals surface area contributed by atoms with E-state index in [4.69, 9.17) is 0 Å². The molecule has 0 aliphatic heterocycles. The summed E-state index contributed by atoms with van der Waals surface area (Å²) in [5.41, 5.74) is -2.66. The van der Waals surface area contributed by atoms with Gasteiger partial charge in [-0.2, -0.15) is 13.2 Å². The molecule has 0 saturated carbocycles. The predicted molar refractivity (Wildman–Crippen MR) is 27.7 cm³/mol. The normalized spacial score (nSPS) is 15.5. The topological polar surface area (TPSA) is 9.23 Å². The van der Waals surface area contributed by atoms with Gasteiger partial charge in [0.25, 0.3) is 6.43 Å². The Labute approximate surface area is 64.1 Å². The second kappa shape index (κ2) is 4.06. The van der Waals surface area contributed by atoms with Gasteiger partial charge in [-0.15, -0.1) is 0 Å². The molecule has 0 aliphatic rings. The zero-order valence-corrected chi connectivity index (χ0v) is 5.79. The average molecular weight is 199 g/mol. The first-order chi connectivity index (χ1) is 4.84. The molecule has 0 aromatic heterocycles. The number of ether oxygens (including phenoxy) is 1. The van der Waals surface area contributed by atoms with Gasteiger partial charge in [0.15, 0.2) is 0 Å². The van der Waals surface area contributed by atoms with Crippen LogP contribution >= 0.6 is 11.6 Å². The van der Waals surface area contributed by atoms with Gasteiger partial charge in [0, 0.05) is 0 Å². The maximum Gasteiger partial charge on any atom is 0.428 e. The molecule has 0 rings (SSSR count). The van der Waals surface area contributed by atoms with Crippen LogP contribution in [0.3, 0.4) is 0 Å². The highest BCUT2D eigenvalue weighted by Gasteiger charge is 2.39. The summed E-state index contributed by atoms with van der Waals surface area (Å²) < 4.78 is 60.2. The van der Waals surface area contributed by atoms with Crippen molar-refractivity contribution in [3.8, 4) is 0 Å². The Kier molecular flexibility index (Phi) is 4.02. The highest BCUT2D eigenvalue weighted by Crippen LogP contribution is 2.25. The monoisotopic (exact) mass is 198 g/mol. The number of rotatable bonds is 3. The number of hydrogen-bond donors (Lipinski definition) is 0. The van der Waals surface area contributed by atoms with E-state index >= 15 is 0 Å². The highest BCUT2D eigenvalue weighted by molar-refractivity contribution is 6.20. The summed E-state index contributed by atoms with van der Waals surface area (Å²) in [6.07, 6.45) is -7.74. The van der Waals surface area contributed by atoms with Crippen molar-refractivity contribution in [2.75, 3.05) is 6.61 Å². The molecule has 68 valence electrons. The molecule has 0 aliphatic carbocycles. The van der Waals surface area contributed by atoms with Gasteiger partial charge in [-0.05, 0) is 0 Å². The molecule has 0 N–H and O–H groups in total. The SMILES string of the molecule is FC(F)COC(Cl)C(F)(F)F. The summed E-state index contributed by atoms with van der Waals surface area (Å²) in [4.78, 5) is 0. The first-order valence-electron chi connectivity index (χ1n) is 2.44. The third kappa shape index (κ3) is 5.20. The molecule has 0 saturated heterocycles. The lowest BCUT2D eigenvalue weighted by molar-refractivity contribution is -0.198. The van der Waals surface area contributed by atoms with Gasteiger partial charge < -0.3 is 4.74 Å². The third-order valence-corrected chi connectivity index (χ3v) is 0.999. The van der Waals surface area contributed by atoms with E-state index in [2.05, 4.69) is 16.3 Å². The van der Waals surface area contributed by atoms with E-state index in [-0.39, 0.29) is 0 Å². The van der Waals surface area contributed by atoms with Gasteiger partial charge in [-0.3, -0.25) is 0 Å². The molecule has 0 fully saturated rings. The van der Waals surface area contributed by atoms with Crippen LogP contribution in [0.1, 0.15) is 0 Å². The van der Waals surface area contributed by atoms with Gasteiger partial charge >= 0.3 is 6.18 Å². The van der Waals surface area contributed by atoms with Crippen molar-refractivity contribution < 1.29 is 26.7 Å². The Bertz CT molecular complexity index is 114. The van der Waals surface area contributed by atoms with E-state index in [0.717, 1.165) is 0 Å². The summed E-state index contributed by atoms with van der Waals surface area (Å²) in [5, 5.41) is 0. The van der Waals surface area contributed by atoms with E-state index in [1.807, 2.05) is 0 Å². The Hall–Kier alpha value is -0.100. The molecule has 1 unspecified atom stereocenters. The lowest BCUT2D eigenvalue weighted by atomic mass is 10.7. The molecule has 0 aromatic rings. The molecule has 0 bridgehead atoms. The Morgan fingerprint density at radius 2 is 1.73 bits per heavy atom. The summed E-state index contributed by atoms with van der Waals surface area (Å²) in [5.74, 6) is 0. The minimum atomic E-state index is -4.80. The highest BCUT2D eigenvalue weighted by atomic mass is 35.5. The lowest BCUT2D eigenvalue weighted by Gasteiger charge is -2.13. The van der Waals surface area contributed by atoms with Crippen LogP contribution in [-0.4, -0.2) is 24.8 Å². The molecule has 0 spiro atoms. The second-order valence-electron chi connectivity index (χ2n) is 1.58. The molecule has 0 amide bonds. The van der Waals surface area contributed by atoms with Gasteiger partial charge in [-0.1, -0.05) is 11.6 Å². The van der Waals surface area contributed by atoms with Crippen molar-refractivity contribution in [2.45, 2.75) is 18.2 Å². The van der Waals surface area contributed by atoms with Crippen LogP contribution < -0.4 is 0 Å². The van der Waals surface area contributed by atoms with Gasteiger partial charge in [0.05, 0.1) is 0 Å². The molecule has 0 heterocycles. The largest absolute Gasteiger partial charge is 0.428 e. The van der Waals surface area contributed by atoms with Crippen LogP contribution in [0.5, 0.6) is 0 Å². The van der Waals surface area contributed by atoms with E-state index in [1.54, 1.807) is 0 Å². The fourth-order valence-corrected chi connectivity index (χ4v) is 0.324. The summed E-state index contributed by atoms with van der Waals surface area (Å²) in [7, 11) is 0. The third-order valence-electron chi connectivity index (χ3n) is 0.626. The van der Waals surface area contributed by atoms with Crippen molar-refractivity contribution in [3.05, 3.63) is 0 Å². The zero-order chi connectivity index (χ0) is 9.07. The quantitative estimate of drug-likeness (QED) is 0.500. The predicted octanol–water partition coefficient (Wildman–Crippen LogP) is 2.40. The number of hydrogen-bond acceptors (Lipinski definition) is 1. The van der Waals surface area contributed by atoms with Crippen LogP contribution in [0.25, 0.3) is 0 Å². The molecular formula is C4H4ClF5O. The minimum Gasteiger partial charge on any atom is -0.348 e. The summed E-state index contributed by atoms with van der Waals surface area (Å²) in [6, 6.07) is 0. The fraction of sp³-hybridized carbons (Fsp3) is 1.00. The molecule has 0 aromatic carbocycles. The fourth-order valence-electron chi connectivity index (χ4n) is 0.252. The molecule has 1 atom stereocenters. The van der Waals surface area contributed by atoms with Crippen LogP contribution in [0.15, 0.2) is 0 Å². The van der Waals surface area contributed by atoms with Crippen molar-refractivity contribution in [2.24, 2.45) is 0 Å². The van der Waals surface area contributed by atoms with Crippen LogP contribution in [0.2, 0.25) is 0 Å². The maximum absolute atomic E-state index is 11.4. The first-order valence-corrected chi connectivity index (χ1v) is 2.88. The van der Waals surface area contributed by atoms with E-state index < -0.39 is 24.8 Å². The van der Waals surface area contributed by atoms with E-state index in [1.165, 1.54) is 0 Å². The van der Waals surface area contributed by atoms with Crippen LogP contribution in [0.4, 0.5) is 22.0 Å². The van der Waals surface area contributed by atoms with Crippen molar-refractivity contribution in [3.63, 3.8) is 0 Å². The molecule has 11 heavy (non-hydrogen) atoms. The van der Waals surface area contributed by atoms with Crippen molar-refractivity contribution in [1.82, 2.24) is 0 Å². The molecule has 1 nitrogen and oxygen atoms in total. The van der Waals surface area contributed by atoms with Crippen molar-refractivity contribution >= 4 is 11.6 Å². The van der Waals surface area contributed by atoms with Gasteiger partial charge in [-0.25, -0.2) is 8.78 Å². The smallest absolute Gasteiger partial charge is 0.348 e. The zero-order valence-electron chi connectivity index (χ0n) is 5.04. The summed E-state index contributed by atoms with van der Waals surface area (Å²) in [6.45, 7) is -1.31. The number of halogens is 6. The standard InChI is InChI=1S/C4H4ClF5O/c5-3(4(8,9)10)11-1-2(6)7/h2-3H,1H2. The van der Waals surface area contributed by atoms with E-state index in [0.29, 0.717) is 0 Å². The molecular weight excluding hydrogens is 194 g/mol. The van der Waals surface area contributed by atoms with E-state index in [9.17, 15) is 22.0 Å². The Morgan fingerprint density at radius 3 is 2.00 bits per heavy atom. The minimum absolute atomic E-state index is 1.31.